The summed E-state index contributed by atoms with van der Waals surface area (Å²) < 4.78 is 3.84. The van der Waals surface area contributed by atoms with Gasteiger partial charge in [-0.05, 0) is 6.92 Å². The fourth-order valence-corrected chi connectivity index (χ4v) is 1.51. The normalized spacial score (nSPS) is 12.1. The molecule has 0 saturated carbocycles. The minimum atomic E-state index is -1.23. The van der Waals surface area contributed by atoms with Crippen molar-refractivity contribution in [1.82, 2.24) is 9.36 Å². The van der Waals surface area contributed by atoms with Gasteiger partial charge in [0.05, 0.1) is 6.42 Å². The van der Waals surface area contributed by atoms with Crippen LogP contribution in [0, 0.1) is 6.92 Å². The number of nitrogens with zero attached hydrogens (tertiary/aromatic N) is 2. The Morgan fingerprint density at radius 1 is 1.53 bits per heavy atom. The second kappa shape index (κ2) is 4.69. The lowest BCUT2D eigenvalue weighted by molar-refractivity contribution is -0.144. The predicted molar refractivity (Wildman–Crippen MR) is 51.9 cm³/mol. The van der Waals surface area contributed by atoms with E-state index in [0.29, 0.717) is 11.0 Å². The molecule has 1 unspecified atom stereocenters. The summed E-state index contributed by atoms with van der Waals surface area (Å²) in [6, 6.07) is -1.19. The molecule has 0 aliphatic carbocycles. The van der Waals surface area contributed by atoms with Crippen molar-refractivity contribution < 1.29 is 19.8 Å². The maximum absolute atomic E-state index is 10.7. The largest absolute Gasteiger partial charge is 0.481 e. The lowest BCUT2D eigenvalue weighted by Gasteiger charge is -2.09. The highest BCUT2D eigenvalue weighted by molar-refractivity contribution is 7.09. The number of rotatable bonds is 5. The second-order valence-electron chi connectivity index (χ2n) is 2.78. The lowest BCUT2D eigenvalue weighted by Crippen LogP contribution is -2.31. The number of aromatic nitrogens is 2. The van der Waals surface area contributed by atoms with Gasteiger partial charge in [0.25, 0.3) is 0 Å². The summed E-state index contributed by atoms with van der Waals surface area (Å²) in [6.07, 6.45) is -0.506. The van der Waals surface area contributed by atoms with Gasteiger partial charge in [-0.15, -0.1) is 0 Å². The van der Waals surface area contributed by atoms with E-state index in [4.69, 9.17) is 10.2 Å². The number of carboxylic acids is 2. The van der Waals surface area contributed by atoms with Gasteiger partial charge < -0.3 is 15.5 Å². The number of nitrogens with one attached hydrogen (secondary N) is 1. The van der Waals surface area contributed by atoms with Crippen molar-refractivity contribution >= 4 is 28.6 Å². The Balaban J connectivity index is 2.66. The van der Waals surface area contributed by atoms with Gasteiger partial charge in [0.15, 0.2) is 0 Å². The molecule has 15 heavy (non-hydrogen) atoms. The van der Waals surface area contributed by atoms with Gasteiger partial charge in [0.2, 0.25) is 5.13 Å². The molecular formula is C7H9N3O4S. The fraction of sp³-hybridized carbons (Fsp3) is 0.429. The second-order valence-corrected chi connectivity index (χ2v) is 3.53. The van der Waals surface area contributed by atoms with Crippen molar-refractivity contribution in [3.05, 3.63) is 5.82 Å². The molecule has 1 heterocycles. The molecule has 82 valence electrons. The van der Waals surface area contributed by atoms with Gasteiger partial charge in [-0.2, -0.15) is 4.37 Å². The van der Waals surface area contributed by atoms with Crippen molar-refractivity contribution in [3.63, 3.8) is 0 Å². The highest BCUT2D eigenvalue weighted by Crippen LogP contribution is 2.12. The van der Waals surface area contributed by atoms with E-state index in [1.807, 2.05) is 0 Å². The first-order valence-corrected chi connectivity index (χ1v) is 4.78. The molecule has 1 aromatic heterocycles. The van der Waals surface area contributed by atoms with E-state index in [2.05, 4.69) is 14.7 Å². The third kappa shape index (κ3) is 3.50. The molecule has 1 aromatic rings. The Labute approximate surface area is 88.9 Å². The van der Waals surface area contributed by atoms with Crippen molar-refractivity contribution in [1.29, 1.82) is 0 Å². The van der Waals surface area contributed by atoms with Gasteiger partial charge in [-0.3, -0.25) is 4.79 Å². The number of carbonyl (C=O) groups is 2. The molecule has 1 rings (SSSR count). The van der Waals surface area contributed by atoms with Crippen molar-refractivity contribution in [3.8, 4) is 0 Å². The van der Waals surface area contributed by atoms with Gasteiger partial charge in [-0.25, -0.2) is 9.78 Å². The van der Waals surface area contributed by atoms with Crippen LogP contribution in [0.2, 0.25) is 0 Å². The van der Waals surface area contributed by atoms with Crippen LogP contribution >= 0.6 is 11.5 Å². The molecule has 0 fully saturated rings. The number of aliphatic carboxylic acids is 2. The zero-order valence-corrected chi connectivity index (χ0v) is 8.61. The molecule has 0 bridgehead atoms. The smallest absolute Gasteiger partial charge is 0.326 e. The average molecular weight is 231 g/mol. The predicted octanol–water partition coefficient (Wildman–Crippen LogP) is 0.186. The van der Waals surface area contributed by atoms with Crippen LogP contribution in [-0.2, 0) is 9.59 Å². The SMILES string of the molecule is Cc1nsc(NC(CC(=O)O)C(=O)O)n1. The molecule has 7 nitrogen and oxygen atoms in total. The zero-order valence-electron chi connectivity index (χ0n) is 7.80. The summed E-state index contributed by atoms with van der Waals surface area (Å²) >= 11 is 0.994. The number of aryl methyl sites for hydroxylation is 1. The van der Waals surface area contributed by atoms with E-state index >= 15 is 0 Å². The third-order valence-corrected chi connectivity index (χ3v) is 2.24. The topological polar surface area (TPSA) is 112 Å². The van der Waals surface area contributed by atoms with E-state index < -0.39 is 24.4 Å². The quantitative estimate of drug-likeness (QED) is 0.662. The van der Waals surface area contributed by atoms with Gasteiger partial charge in [0, 0.05) is 11.5 Å². The first-order chi connectivity index (χ1) is 6.99. The van der Waals surface area contributed by atoms with Crippen LogP contribution in [-0.4, -0.2) is 37.6 Å². The van der Waals surface area contributed by atoms with Gasteiger partial charge in [-0.1, -0.05) is 0 Å². The average Bonchev–Trinajstić information content (AvgIpc) is 2.49. The van der Waals surface area contributed by atoms with E-state index in [1.165, 1.54) is 0 Å². The minimum absolute atomic E-state index is 0.307. The molecule has 0 radical (unpaired) electrons. The van der Waals surface area contributed by atoms with Crippen LogP contribution in [0.25, 0.3) is 0 Å². The summed E-state index contributed by atoms with van der Waals surface area (Å²) in [5.41, 5.74) is 0. The summed E-state index contributed by atoms with van der Waals surface area (Å²) in [6.45, 7) is 1.66. The molecule has 0 aliphatic heterocycles. The summed E-state index contributed by atoms with van der Waals surface area (Å²) in [4.78, 5) is 24.9. The van der Waals surface area contributed by atoms with Crippen LogP contribution < -0.4 is 5.32 Å². The Morgan fingerprint density at radius 3 is 2.60 bits per heavy atom. The monoisotopic (exact) mass is 231 g/mol. The Bertz CT molecular complexity index is 378. The molecule has 0 saturated heterocycles. The molecule has 0 aromatic carbocycles. The molecule has 1 atom stereocenters. The maximum atomic E-state index is 10.7. The summed E-state index contributed by atoms with van der Waals surface area (Å²) in [5.74, 6) is -1.90. The van der Waals surface area contributed by atoms with Crippen molar-refractivity contribution in [2.75, 3.05) is 5.32 Å². The van der Waals surface area contributed by atoms with Crippen LogP contribution in [0.3, 0.4) is 0 Å². The van der Waals surface area contributed by atoms with Crippen LogP contribution in [0.1, 0.15) is 12.2 Å². The van der Waals surface area contributed by atoms with Crippen molar-refractivity contribution in [2.45, 2.75) is 19.4 Å². The van der Waals surface area contributed by atoms with Crippen LogP contribution in [0.5, 0.6) is 0 Å². The maximum Gasteiger partial charge on any atom is 0.326 e. The Kier molecular flexibility index (Phi) is 3.56. The number of anilines is 1. The van der Waals surface area contributed by atoms with E-state index in [1.54, 1.807) is 6.92 Å². The number of carboxylic acid groups (broad SMARTS) is 2. The number of hydrogen-bond donors (Lipinski definition) is 3. The Hall–Kier alpha value is -1.70. The van der Waals surface area contributed by atoms with Crippen LogP contribution in [0.15, 0.2) is 0 Å². The van der Waals surface area contributed by atoms with Crippen LogP contribution in [0.4, 0.5) is 5.13 Å². The standard InChI is InChI=1S/C7H9N3O4S/c1-3-8-7(15-10-3)9-4(6(13)14)2-5(11)12/h4H,2H2,1H3,(H,11,12)(H,13,14)(H,8,9,10). The lowest BCUT2D eigenvalue weighted by atomic mass is 10.2. The molecule has 0 amide bonds. The number of hydrogen-bond acceptors (Lipinski definition) is 6. The molecular weight excluding hydrogens is 222 g/mol. The molecule has 3 N–H and O–H groups in total. The van der Waals surface area contributed by atoms with Crippen molar-refractivity contribution in [2.24, 2.45) is 0 Å². The fourth-order valence-electron chi connectivity index (χ4n) is 0.879. The molecule has 8 heteroatoms. The summed E-state index contributed by atoms with van der Waals surface area (Å²) in [7, 11) is 0. The van der Waals surface area contributed by atoms with E-state index in [0.717, 1.165) is 11.5 Å². The molecule has 0 spiro atoms. The van der Waals surface area contributed by atoms with E-state index in [-0.39, 0.29) is 0 Å². The van der Waals surface area contributed by atoms with E-state index in [9.17, 15) is 9.59 Å². The highest BCUT2D eigenvalue weighted by atomic mass is 32.1. The third-order valence-electron chi connectivity index (χ3n) is 1.50. The summed E-state index contributed by atoms with van der Waals surface area (Å²) in [5, 5.41) is 20.0. The zero-order chi connectivity index (χ0) is 11.4. The first kappa shape index (κ1) is 11.4. The van der Waals surface area contributed by atoms with Gasteiger partial charge >= 0.3 is 11.9 Å². The first-order valence-electron chi connectivity index (χ1n) is 4.00. The minimum Gasteiger partial charge on any atom is -0.481 e. The van der Waals surface area contributed by atoms with Gasteiger partial charge in [0.1, 0.15) is 11.9 Å². The highest BCUT2D eigenvalue weighted by Gasteiger charge is 2.21. The Morgan fingerprint density at radius 2 is 2.20 bits per heavy atom. The molecule has 0 aliphatic rings.